The topological polar surface area (TPSA) is 96.4 Å². The Morgan fingerprint density at radius 2 is 2.12 bits per heavy atom. The molecule has 1 aromatic rings. The summed E-state index contributed by atoms with van der Waals surface area (Å²) in [5.74, 6) is 0.0547. The summed E-state index contributed by atoms with van der Waals surface area (Å²) in [6.45, 7) is 4.11. The first-order valence-electron chi connectivity index (χ1n) is 9.46. The molecule has 5 heteroatoms. The third-order valence-electron chi connectivity index (χ3n) is 5.15. The summed E-state index contributed by atoms with van der Waals surface area (Å²) in [5.41, 5.74) is 5.81. The van der Waals surface area contributed by atoms with Gasteiger partial charge in [0.2, 0.25) is 0 Å². The molecule has 0 saturated heterocycles. The number of aromatic nitrogens is 1. The number of nitrogens with two attached hydrogens (primary N) is 1. The minimum absolute atomic E-state index is 0.0575. The van der Waals surface area contributed by atoms with Crippen molar-refractivity contribution in [2.75, 3.05) is 0 Å². The van der Waals surface area contributed by atoms with Crippen molar-refractivity contribution in [3.8, 4) is 0 Å². The first kappa shape index (κ1) is 19.9. The van der Waals surface area contributed by atoms with E-state index in [4.69, 9.17) is 5.73 Å². The number of hydrogen-bond acceptors (Lipinski definition) is 4. The van der Waals surface area contributed by atoms with Crippen LogP contribution in [0.3, 0.4) is 0 Å². The summed E-state index contributed by atoms with van der Waals surface area (Å²) in [4.78, 5) is 16.0. The number of aryl methyl sites for hydroxylation is 1. The molecule has 25 heavy (non-hydrogen) atoms. The van der Waals surface area contributed by atoms with Crippen LogP contribution in [-0.2, 0) is 17.6 Å². The van der Waals surface area contributed by atoms with Crippen LogP contribution >= 0.6 is 0 Å². The average Bonchev–Trinajstić information content (AvgIpc) is 3.37. The minimum atomic E-state index is -1.98. The van der Waals surface area contributed by atoms with Gasteiger partial charge in [-0.15, -0.1) is 0 Å². The van der Waals surface area contributed by atoms with Crippen molar-refractivity contribution in [1.82, 2.24) is 4.98 Å². The van der Waals surface area contributed by atoms with Gasteiger partial charge in [-0.25, -0.2) is 4.79 Å². The third-order valence-corrected chi connectivity index (χ3v) is 5.15. The maximum atomic E-state index is 11.7. The van der Waals surface area contributed by atoms with E-state index in [1.165, 1.54) is 19.3 Å². The number of carbonyl (C=O) groups is 1. The van der Waals surface area contributed by atoms with Crippen LogP contribution in [0, 0.1) is 11.8 Å². The van der Waals surface area contributed by atoms with E-state index in [1.54, 1.807) is 6.20 Å². The summed E-state index contributed by atoms with van der Waals surface area (Å²) in [5, 5.41) is 20.3. The Balaban J connectivity index is 2.00. The Hall–Kier alpha value is -1.46. The highest BCUT2D eigenvalue weighted by molar-refractivity contribution is 5.78. The molecule has 1 aliphatic carbocycles. The fourth-order valence-electron chi connectivity index (χ4n) is 3.17. The second-order valence-corrected chi connectivity index (χ2v) is 7.97. The molecule has 0 radical (unpaired) electrons. The molecular formula is C20H32N2O3. The van der Waals surface area contributed by atoms with E-state index in [9.17, 15) is 15.0 Å². The van der Waals surface area contributed by atoms with E-state index >= 15 is 0 Å². The normalized spacial score (nSPS) is 18.1. The Labute approximate surface area is 150 Å². The van der Waals surface area contributed by atoms with Crippen LogP contribution in [0.1, 0.15) is 63.6 Å². The molecule has 140 valence electrons. The maximum absolute atomic E-state index is 11.7. The van der Waals surface area contributed by atoms with E-state index in [2.05, 4.69) is 18.8 Å². The number of hydrogen-bond donors (Lipinski definition) is 3. The van der Waals surface area contributed by atoms with Crippen molar-refractivity contribution in [2.24, 2.45) is 17.6 Å². The van der Waals surface area contributed by atoms with Gasteiger partial charge in [-0.1, -0.05) is 33.1 Å². The predicted octanol–water partition coefficient (Wildman–Crippen LogP) is 2.94. The van der Waals surface area contributed by atoms with Crippen LogP contribution in [0.25, 0.3) is 0 Å². The number of carboxylic acid groups (broad SMARTS) is 1. The van der Waals surface area contributed by atoms with Crippen LogP contribution in [-0.4, -0.2) is 32.8 Å². The van der Waals surface area contributed by atoms with Gasteiger partial charge in [0.15, 0.2) is 5.60 Å². The Bertz CT molecular complexity index is 572. The molecule has 2 atom stereocenters. The lowest BCUT2D eigenvalue weighted by Gasteiger charge is -2.30. The second-order valence-electron chi connectivity index (χ2n) is 7.97. The van der Waals surface area contributed by atoms with Crippen molar-refractivity contribution in [3.63, 3.8) is 0 Å². The van der Waals surface area contributed by atoms with Gasteiger partial charge in [0.25, 0.3) is 0 Å². The van der Waals surface area contributed by atoms with Gasteiger partial charge in [-0.05, 0) is 55.2 Å². The summed E-state index contributed by atoms with van der Waals surface area (Å²) < 4.78 is 0. The van der Waals surface area contributed by atoms with Gasteiger partial charge >= 0.3 is 5.97 Å². The van der Waals surface area contributed by atoms with Gasteiger partial charge < -0.3 is 15.9 Å². The molecule has 4 N–H and O–H groups in total. The Kier molecular flexibility index (Phi) is 6.96. The number of aliphatic hydroxyl groups is 1. The lowest BCUT2D eigenvalue weighted by molar-refractivity contribution is -0.161. The average molecular weight is 348 g/mol. The highest BCUT2D eigenvalue weighted by atomic mass is 16.4. The maximum Gasteiger partial charge on any atom is 0.337 e. The molecule has 0 aliphatic heterocycles. The zero-order valence-electron chi connectivity index (χ0n) is 15.4. The highest BCUT2D eigenvalue weighted by Gasteiger charge is 2.42. The lowest BCUT2D eigenvalue weighted by Crippen LogP contribution is -2.55. The van der Waals surface area contributed by atoms with Gasteiger partial charge in [0.1, 0.15) is 0 Å². The fourth-order valence-corrected chi connectivity index (χ4v) is 3.17. The van der Waals surface area contributed by atoms with Crippen molar-refractivity contribution in [3.05, 3.63) is 29.6 Å². The van der Waals surface area contributed by atoms with E-state index in [0.29, 0.717) is 18.0 Å². The highest BCUT2D eigenvalue weighted by Crippen LogP contribution is 2.33. The number of aliphatic carboxylic acids is 1. The van der Waals surface area contributed by atoms with Crippen molar-refractivity contribution < 1.29 is 15.0 Å². The van der Waals surface area contributed by atoms with E-state index < -0.39 is 17.6 Å². The molecule has 1 aliphatic rings. The molecule has 0 amide bonds. The molecule has 5 nitrogen and oxygen atoms in total. The monoisotopic (exact) mass is 348 g/mol. The minimum Gasteiger partial charge on any atom is -0.479 e. The Morgan fingerprint density at radius 1 is 1.40 bits per heavy atom. The summed E-state index contributed by atoms with van der Waals surface area (Å²) in [6.07, 6.45) is 9.00. The first-order valence-corrected chi connectivity index (χ1v) is 9.46. The van der Waals surface area contributed by atoms with E-state index in [-0.39, 0.29) is 6.42 Å². The smallest absolute Gasteiger partial charge is 0.337 e. The number of rotatable bonds is 11. The van der Waals surface area contributed by atoms with E-state index in [1.807, 2.05) is 12.1 Å². The molecule has 1 saturated carbocycles. The quantitative estimate of drug-likeness (QED) is 0.571. The molecular weight excluding hydrogens is 316 g/mol. The molecule has 1 heterocycles. The standard InChI is InChI=1S/C20H32N2O3/c1-14(2)6-9-18(21)20(25,19(23)24)13-17-12-16(10-11-22-17)5-3-4-15-7-8-15/h10-12,14-15,18,25H,3-9,13,21H2,1-2H3,(H,23,24)/t18-,20+/m0/s1. The van der Waals surface area contributed by atoms with Crippen LogP contribution in [0.2, 0.25) is 0 Å². The summed E-state index contributed by atoms with van der Waals surface area (Å²) in [7, 11) is 0. The van der Waals surface area contributed by atoms with Gasteiger partial charge in [-0.3, -0.25) is 4.98 Å². The predicted molar refractivity (Wildman–Crippen MR) is 98.2 cm³/mol. The number of carboxylic acids is 1. The molecule has 1 aromatic heterocycles. The van der Waals surface area contributed by atoms with Crippen molar-refractivity contribution >= 4 is 5.97 Å². The largest absolute Gasteiger partial charge is 0.479 e. The zero-order chi connectivity index (χ0) is 18.4. The second kappa shape index (κ2) is 8.77. The number of pyridine rings is 1. The van der Waals surface area contributed by atoms with Gasteiger partial charge in [-0.2, -0.15) is 0 Å². The molecule has 0 bridgehead atoms. The molecule has 0 aromatic carbocycles. The van der Waals surface area contributed by atoms with Crippen LogP contribution < -0.4 is 5.73 Å². The van der Waals surface area contributed by atoms with Crippen molar-refractivity contribution in [2.45, 2.75) is 76.9 Å². The lowest BCUT2D eigenvalue weighted by atomic mass is 9.85. The van der Waals surface area contributed by atoms with Crippen molar-refractivity contribution in [1.29, 1.82) is 0 Å². The van der Waals surface area contributed by atoms with E-state index in [0.717, 1.165) is 30.7 Å². The van der Waals surface area contributed by atoms with Gasteiger partial charge in [0.05, 0.1) is 0 Å². The first-order chi connectivity index (χ1) is 11.8. The molecule has 1 fully saturated rings. The SMILES string of the molecule is CC(C)CC[C@H](N)[C@](O)(Cc1cc(CCCC2CC2)ccn1)C(=O)O. The molecule has 2 rings (SSSR count). The van der Waals surface area contributed by atoms with Crippen LogP contribution in [0.4, 0.5) is 0 Å². The fraction of sp³-hybridized carbons (Fsp3) is 0.700. The summed E-state index contributed by atoms with van der Waals surface area (Å²) in [6, 6.07) is 3.07. The molecule has 0 unspecified atom stereocenters. The van der Waals surface area contributed by atoms with Crippen LogP contribution in [0.5, 0.6) is 0 Å². The summed E-state index contributed by atoms with van der Waals surface area (Å²) >= 11 is 0. The number of nitrogens with zero attached hydrogens (tertiary/aromatic N) is 1. The van der Waals surface area contributed by atoms with Crippen LogP contribution in [0.15, 0.2) is 18.3 Å². The van der Waals surface area contributed by atoms with Gasteiger partial charge in [0, 0.05) is 24.4 Å². The molecule has 0 spiro atoms. The Morgan fingerprint density at radius 3 is 2.72 bits per heavy atom. The zero-order valence-corrected chi connectivity index (χ0v) is 15.4. The third kappa shape index (κ3) is 6.08.